The summed E-state index contributed by atoms with van der Waals surface area (Å²) in [4.78, 5) is 14.5. The van der Waals surface area contributed by atoms with E-state index in [0.29, 0.717) is 18.3 Å². The van der Waals surface area contributed by atoms with Gasteiger partial charge in [0.2, 0.25) is 0 Å². The maximum atomic E-state index is 12.0. The molecule has 0 amide bonds. The van der Waals surface area contributed by atoms with Gasteiger partial charge in [-0.3, -0.25) is 10.1 Å². The number of piperidine rings is 1. The molecular formula is C14H21N3O4S. The highest BCUT2D eigenvalue weighted by molar-refractivity contribution is 7.90. The maximum Gasteiger partial charge on any atom is 0.270 e. The maximum absolute atomic E-state index is 12.0. The molecule has 22 heavy (non-hydrogen) atoms. The molecule has 2 rings (SSSR count). The Labute approximate surface area is 130 Å². The lowest BCUT2D eigenvalue weighted by Crippen LogP contribution is -2.45. The Hall–Kier alpha value is -1.67. The average Bonchev–Trinajstić information content (AvgIpc) is 2.45. The highest BCUT2D eigenvalue weighted by Gasteiger charge is 2.27. The summed E-state index contributed by atoms with van der Waals surface area (Å²) in [6.45, 7) is 1.47. The molecule has 0 aromatic heterocycles. The molecule has 0 radical (unpaired) electrons. The second kappa shape index (κ2) is 6.21. The fourth-order valence-corrected chi connectivity index (χ4v) is 3.68. The Morgan fingerprint density at radius 3 is 2.59 bits per heavy atom. The highest BCUT2D eigenvalue weighted by Crippen LogP contribution is 2.31. The first kappa shape index (κ1) is 16.7. The van der Waals surface area contributed by atoms with Crippen molar-refractivity contribution in [2.45, 2.75) is 23.8 Å². The molecule has 122 valence electrons. The van der Waals surface area contributed by atoms with Crippen molar-refractivity contribution >= 4 is 21.2 Å². The van der Waals surface area contributed by atoms with Gasteiger partial charge in [0.1, 0.15) is 0 Å². The molecule has 1 heterocycles. The van der Waals surface area contributed by atoms with E-state index >= 15 is 0 Å². The third-order valence-electron chi connectivity index (χ3n) is 4.02. The van der Waals surface area contributed by atoms with Crippen LogP contribution in [0.25, 0.3) is 0 Å². The van der Waals surface area contributed by atoms with Crippen LogP contribution in [0.4, 0.5) is 11.4 Å². The van der Waals surface area contributed by atoms with Crippen LogP contribution >= 0.6 is 0 Å². The molecule has 0 bridgehead atoms. The van der Waals surface area contributed by atoms with Gasteiger partial charge in [0.15, 0.2) is 9.84 Å². The molecule has 1 aromatic carbocycles. The second-order valence-corrected chi connectivity index (χ2v) is 7.87. The standard InChI is InChI=1S/C14H21N3O4S/c1-15(2)12-5-4-8-16(10-12)13-7-6-11(17(18)19)9-14(13)22(3,20)21/h6-7,9,12H,4-5,8,10H2,1-3H3. The number of sulfone groups is 1. The number of benzene rings is 1. The summed E-state index contributed by atoms with van der Waals surface area (Å²) in [6.07, 6.45) is 3.11. The van der Waals surface area contributed by atoms with Gasteiger partial charge in [-0.25, -0.2) is 8.42 Å². The summed E-state index contributed by atoms with van der Waals surface area (Å²) in [5, 5.41) is 10.9. The molecular weight excluding hydrogens is 306 g/mol. The van der Waals surface area contributed by atoms with E-state index in [1.165, 1.54) is 6.07 Å². The van der Waals surface area contributed by atoms with E-state index in [4.69, 9.17) is 0 Å². The smallest absolute Gasteiger partial charge is 0.270 e. The van der Waals surface area contributed by atoms with Crippen molar-refractivity contribution in [1.29, 1.82) is 0 Å². The number of nitrogens with zero attached hydrogens (tertiary/aromatic N) is 3. The van der Waals surface area contributed by atoms with Crippen LogP contribution in [0.3, 0.4) is 0 Å². The van der Waals surface area contributed by atoms with Crippen molar-refractivity contribution in [3.8, 4) is 0 Å². The molecule has 1 saturated heterocycles. The Bertz CT molecular complexity index is 673. The largest absolute Gasteiger partial charge is 0.369 e. The Kier molecular flexibility index (Phi) is 4.72. The zero-order valence-corrected chi connectivity index (χ0v) is 13.8. The SMILES string of the molecule is CN(C)C1CCCN(c2ccc([N+](=O)[O-])cc2S(C)(=O)=O)C1. The van der Waals surface area contributed by atoms with Crippen molar-refractivity contribution in [2.24, 2.45) is 0 Å². The van der Waals surface area contributed by atoms with E-state index < -0.39 is 14.8 Å². The van der Waals surface area contributed by atoms with E-state index in [-0.39, 0.29) is 10.6 Å². The zero-order chi connectivity index (χ0) is 16.5. The van der Waals surface area contributed by atoms with E-state index in [0.717, 1.165) is 31.7 Å². The molecule has 8 heteroatoms. The Morgan fingerprint density at radius 2 is 2.05 bits per heavy atom. The lowest BCUT2D eigenvalue weighted by molar-refractivity contribution is -0.385. The van der Waals surface area contributed by atoms with Gasteiger partial charge in [-0.05, 0) is 33.0 Å². The van der Waals surface area contributed by atoms with Crippen LogP contribution in [0.15, 0.2) is 23.1 Å². The van der Waals surface area contributed by atoms with E-state index in [2.05, 4.69) is 4.90 Å². The molecule has 1 unspecified atom stereocenters. The Morgan fingerprint density at radius 1 is 1.36 bits per heavy atom. The van der Waals surface area contributed by atoms with Gasteiger partial charge >= 0.3 is 0 Å². The van der Waals surface area contributed by atoms with Crippen molar-refractivity contribution in [1.82, 2.24) is 4.90 Å². The molecule has 7 nitrogen and oxygen atoms in total. The number of nitro groups is 1. The predicted octanol–water partition coefficient (Wildman–Crippen LogP) is 1.53. The summed E-state index contributed by atoms with van der Waals surface area (Å²) in [7, 11) is 0.467. The van der Waals surface area contributed by atoms with E-state index in [1.807, 2.05) is 19.0 Å². The van der Waals surface area contributed by atoms with Crippen molar-refractivity contribution in [3.63, 3.8) is 0 Å². The summed E-state index contributed by atoms with van der Waals surface area (Å²) in [6, 6.07) is 4.41. The summed E-state index contributed by atoms with van der Waals surface area (Å²) < 4.78 is 24.1. The van der Waals surface area contributed by atoms with Crippen LogP contribution in [0.5, 0.6) is 0 Å². The van der Waals surface area contributed by atoms with Crippen LogP contribution in [-0.4, -0.2) is 57.7 Å². The van der Waals surface area contributed by atoms with Crippen LogP contribution in [-0.2, 0) is 9.84 Å². The van der Waals surface area contributed by atoms with Crippen LogP contribution < -0.4 is 4.90 Å². The number of anilines is 1. The van der Waals surface area contributed by atoms with E-state index in [9.17, 15) is 18.5 Å². The zero-order valence-electron chi connectivity index (χ0n) is 13.0. The molecule has 0 N–H and O–H groups in total. The highest BCUT2D eigenvalue weighted by atomic mass is 32.2. The first-order valence-electron chi connectivity index (χ1n) is 7.10. The van der Waals surface area contributed by atoms with Gasteiger partial charge in [0.25, 0.3) is 5.69 Å². The quantitative estimate of drug-likeness (QED) is 0.616. The van der Waals surface area contributed by atoms with E-state index in [1.54, 1.807) is 6.07 Å². The first-order valence-corrected chi connectivity index (χ1v) is 8.99. The van der Waals surface area contributed by atoms with Crippen molar-refractivity contribution in [2.75, 3.05) is 38.3 Å². The van der Waals surface area contributed by atoms with Gasteiger partial charge in [-0.15, -0.1) is 0 Å². The molecule has 1 atom stereocenters. The third kappa shape index (κ3) is 3.56. The van der Waals surface area contributed by atoms with Gasteiger partial charge in [-0.2, -0.15) is 0 Å². The van der Waals surface area contributed by atoms with Crippen LogP contribution in [0.1, 0.15) is 12.8 Å². The number of nitro benzene ring substituents is 1. The number of non-ortho nitro benzene ring substituents is 1. The summed E-state index contributed by atoms with van der Waals surface area (Å²) in [5.74, 6) is 0. The lowest BCUT2D eigenvalue weighted by Gasteiger charge is -2.38. The molecule has 1 aliphatic heterocycles. The normalized spacial score (nSPS) is 19.5. The topological polar surface area (TPSA) is 83.8 Å². The molecule has 0 aliphatic carbocycles. The average molecular weight is 327 g/mol. The third-order valence-corrected chi connectivity index (χ3v) is 5.15. The van der Waals surface area contributed by atoms with Gasteiger partial charge < -0.3 is 9.80 Å². The van der Waals surface area contributed by atoms with Crippen molar-refractivity contribution < 1.29 is 13.3 Å². The first-order chi connectivity index (χ1) is 10.2. The molecule has 1 aliphatic rings. The molecule has 1 aromatic rings. The van der Waals surface area contributed by atoms with Crippen molar-refractivity contribution in [3.05, 3.63) is 28.3 Å². The second-order valence-electron chi connectivity index (χ2n) is 5.89. The predicted molar refractivity (Wildman–Crippen MR) is 85.1 cm³/mol. The molecule has 0 spiro atoms. The van der Waals surface area contributed by atoms with Crippen LogP contribution in [0.2, 0.25) is 0 Å². The number of hydrogen-bond acceptors (Lipinski definition) is 6. The number of hydrogen-bond donors (Lipinski definition) is 0. The minimum Gasteiger partial charge on any atom is -0.369 e. The summed E-state index contributed by atoms with van der Waals surface area (Å²) >= 11 is 0. The van der Waals surface area contributed by atoms with Crippen LogP contribution in [0, 0.1) is 10.1 Å². The van der Waals surface area contributed by atoms with Gasteiger partial charge in [-0.1, -0.05) is 0 Å². The Balaban J connectivity index is 2.44. The minimum absolute atomic E-state index is 0.0288. The summed E-state index contributed by atoms with van der Waals surface area (Å²) in [5.41, 5.74) is 0.352. The molecule has 1 fully saturated rings. The molecule has 0 saturated carbocycles. The fourth-order valence-electron chi connectivity index (χ4n) is 2.77. The van der Waals surface area contributed by atoms with Gasteiger partial charge in [0, 0.05) is 37.5 Å². The monoisotopic (exact) mass is 327 g/mol. The fraction of sp³-hybridized carbons (Fsp3) is 0.571. The number of rotatable bonds is 4. The number of likely N-dealkylation sites (N-methyl/N-ethyl adjacent to an activating group) is 1. The van der Waals surface area contributed by atoms with Gasteiger partial charge in [0.05, 0.1) is 15.5 Å². The minimum atomic E-state index is -3.54. The lowest BCUT2D eigenvalue weighted by atomic mass is 10.0.